The van der Waals surface area contributed by atoms with Gasteiger partial charge in [0.2, 0.25) is 11.8 Å². The average molecular weight is 530 g/mol. The van der Waals surface area contributed by atoms with Crippen LogP contribution >= 0.6 is 0 Å². The standard InChI is InChI=1S/C31H35N3O5/c1-18(35)34-23(16-25(37)32-21-5-3-2-4-6-21)30(38)11-12-31(34)24-15-20-9-10-22(36)27-26(20)29(31,28(30)39-27)13-14-33(24)17-19-7-8-19/h2-6,9-10,19,23-24,28,36,38H,7-8,11-17H2,1H3,(H,32,37)/t23-,24+,28+,29-,30+,31+/m0/s1. The maximum atomic E-state index is 13.8. The van der Waals surface area contributed by atoms with Gasteiger partial charge < -0.3 is 25.2 Å². The molecule has 2 aromatic rings. The number of carbonyl (C=O) groups is 2. The van der Waals surface area contributed by atoms with Gasteiger partial charge in [-0.05, 0) is 74.8 Å². The molecule has 4 heterocycles. The van der Waals surface area contributed by atoms with Crippen LogP contribution in [0.1, 0.15) is 56.6 Å². The maximum Gasteiger partial charge on any atom is 0.226 e. The summed E-state index contributed by atoms with van der Waals surface area (Å²) in [4.78, 5) is 31.7. The molecule has 6 atom stereocenters. The van der Waals surface area contributed by atoms with Crippen molar-refractivity contribution in [3.05, 3.63) is 53.6 Å². The van der Waals surface area contributed by atoms with Crippen LogP contribution in [0.15, 0.2) is 42.5 Å². The third-order valence-corrected chi connectivity index (χ3v) is 11.0. The van der Waals surface area contributed by atoms with E-state index in [0.717, 1.165) is 37.1 Å². The number of carbonyl (C=O) groups excluding carboxylic acids is 2. The van der Waals surface area contributed by atoms with Crippen molar-refractivity contribution in [3.8, 4) is 11.5 Å². The summed E-state index contributed by atoms with van der Waals surface area (Å²) in [6, 6.07) is 12.3. The average Bonchev–Trinajstić information content (AvgIpc) is 3.65. The molecule has 4 aliphatic heterocycles. The van der Waals surface area contributed by atoms with Crippen LogP contribution in [-0.4, -0.2) is 74.2 Å². The van der Waals surface area contributed by atoms with Crippen LogP contribution in [0.25, 0.3) is 0 Å². The number of aliphatic hydroxyl groups is 1. The number of phenolic OH excluding ortho intramolecular Hbond substituents is 1. The van der Waals surface area contributed by atoms with Gasteiger partial charge in [0, 0.05) is 30.8 Å². The normalized spacial score (nSPS) is 37.3. The van der Waals surface area contributed by atoms with Crippen LogP contribution in [0.4, 0.5) is 5.69 Å². The second-order valence-corrected chi connectivity index (χ2v) is 12.8. The number of piperidine rings is 3. The molecular weight excluding hydrogens is 494 g/mol. The maximum absolute atomic E-state index is 13.8. The fourth-order valence-corrected chi connectivity index (χ4v) is 9.55. The van der Waals surface area contributed by atoms with E-state index < -0.39 is 28.7 Å². The first-order valence-electron chi connectivity index (χ1n) is 14.4. The van der Waals surface area contributed by atoms with E-state index in [2.05, 4.69) is 10.2 Å². The molecule has 8 heteroatoms. The Bertz CT molecular complexity index is 1390. The highest BCUT2D eigenvalue weighted by molar-refractivity contribution is 5.92. The molecule has 3 saturated heterocycles. The van der Waals surface area contributed by atoms with Crippen LogP contribution in [0.2, 0.25) is 0 Å². The molecule has 39 heavy (non-hydrogen) atoms. The first-order chi connectivity index (χ1) is 18.8. The van der Waals surface area contributed by atoms with Gasteiger partial charge in [0.15, 0.2) is 11.5 Å². The number of likely N-dealkylation sites (tertiary alicyclic amines) is 1. The molecule has 204 valence electrons. The minimum atomic E-state index is -1.43. The molecule has 0 radical (unpaired) electrons. The summed E-state index contributed by atoms with van der Waals surface area (Å²) in [7, 11) is 0. The van der Waals surface area contributed by atoms with Gasteiger partial charge in [0.05, 0.1) is 23.4 Å². The highest BCUT2D eigenvalue weighted by atomic mass is 16.5. The molecule has 8 nitrogen and oxygen atoms in total. The number of hydrogen-bond acceptors (Lipinski definition) is 6. The Balaban J connectivity index is 1.29. The van der Waals surface area contributed by atoms with Crippen molar-refractivity contribution >= 4 is 17.5 Å². The largest absolute Gasteiger partial charge is 0.504 e. The number of anilines is 1. The number of phenols is 1. The second kappa shape index (κ2) is 7.76. The number of rotatable bonds is 5. The van der Waals surface area contributed by atoms with Gasteiger partial charge >= 0.3 is 0 Å². The SMILES string of the molecule is CC(=O)N1[C@@H](CC(=O)Nc2ccccc2)[C@]2(O)CC[C@]13[C@H]1Cc4ccc(O)c5c4[C@@]3(CCN1CC1CC1)[C@H]2O5. The molecule has 7 aliphatic rings. The molecule has 0 aromatic heterocycles. The fraction of sp³-hybridized carbons (Fsp3) is 0.548. The van der Waals surface area contributed by atoms with Gasteiger partial charge in [-0.2, -0.15) is 0 Å². The zero-order valence-electron chi connectivity index (χ0n) is 22.2. The van der Waals surface area contributed by atoms with Crippen LogP contribution < -0.4 is 10.1 Å². The minimum Gasteiger partial charge on any atom is -0.504 e. The Morgan fingerprint density at radius 2 is 1.90 bits per heavy atom. The van der Waals surface area contributed by atoms with E-state index in [1.54, 1.807) is 13.0 Å². The van der Waals surface area contributed by atoms with E-state index in [1.165, 1.54) is 12.8 Å². The molecule has 2 amide bonds. The number of amides is 2. The third-order valence-electron chi connectivity index (χ3n) is 11.0. The molecule has 5 fully saturated rings. The Hall–Kier alpha value is -3.10. The smallest absolute Gasteiger partial charge is 0.226 e. The summed E-state index contributed by atoms with van der Waals surface area (Å²) in [5, 5.41) is 26.5. The zero-order valence-corrected chi connectivity index (χ0v) is 22.2. The summed E-state index contributed by atoms with van der Waals surface area (Å²) in [6.45, 7) is 3.48. The number of hydrogen-bond donors (Lipinski definition) is 3. The molecule has 2 aromatic carbocycles. The molecule has 4 bridgehead atoms. The van der Waals surface area contributed by atoms with Crippen molar-refractivity contribution in [2.75, 3.05) is 18.4 Å². The number of aromatic hydroxyl groups is 1. The van der Waals surface area contributed by atoms with Crippen LogP contribution in [0.3, 0.4) is 0 Å². The van der Waals surface area contributed by atoms with Gasteiger partial charge in [0.1, 0.15) is 11.7 Å². The predicted molar refractivity (Wildman–Crippen MR) is 144 cm³/mol. The molecule has 3 N–H and O–H groups in total. The second-order valence-electron chi connectivity index (χ2n) is 12.8. The van der Waals surface area contributed by atoms with Crippen molar-refractivity contribution in [1.29, 1.82) is 0 Å². The number of ether oxygens (including phenoxy) is 1. The summed E-state index contributed by atoms with van der Waals surface area (Å²) in [6.07, 6.45) is 4.46. The predicted octanol–water partition coefficient (Wildman–Crippen LogP) is 2.95. The van der Waals surface area contributed by atoms with E-state index in [-0.39, 0.29) is 30.0 Å². The van der Waals surface area contributed by atoms with Crippen LogP contribution in [0, 0.1) is 5.92 Å². The molecule has 2 saturated carbocycles. The molecular formula is C31H35N3O5. The summed E-state index contributed by atoms with van der Waals surface area (Å²) in [5.41, 5.74) is 0.162. The van der Waals surface area contributed by atoms with E-state index in [4.69, 9.17) is 4.74 Å². The number of para-hydroxylation sites is 1. The molecule has 2 spiro atoms. The number of benzene rings is 2. The number of nitrogens with one attached hydrogen (secondary N) is 1. The van der Waals surface area contributed by atoms with E-state index >= 15 is 0 Å². The summed E-state index contributed by atoms with van der Waals surface area (Å²) >= 11 is 0. The zero-order chi connectivity index (χ0) is 26.7. The lowest BCUT2D eigenvalue weighted by Crippen LogP contribution is -2.92. The highest BCUT2D eigenvalue weighted by Crippen LogP contribution is 2.72. The lowest BCUT2D eigenvalue weighted by molar-refractivity contribution is -0.284. The van der Waals surface area contributed by atoms with Gasteiger partial charge in [0.25, 0.3) is 0 Å². The fourth-order valence-electron chi connectivity index (χ4n) is 9.55. The van der Waals surface area contributed by atoms with Gasteiger partial charge in [-0.1, -0.05) is 24.3 Å². The summed E-state index contributed by atoms with van der Waals surface area (Å²) < 4.78 is 6.64. The first kappa shape index (κ1) is 23.8. The lowest BCUT2D eigenvalue weighted by atomic mass is 9.40. The number of fused-ring (bicyclic) bond motifs is 2. The van der Waals surface area contributed by atoms with Crippen molar-refractivity contribution in [2.45, 2.75) is 86.6 Å². The molecule has 3 aliphatic carbocycles. The van der Waals surface area contributed by atoms with Gasteiger partial charge in [-0.15, -0.1) is 0 Å². The van der Waals surface area contributed by atoms with E-state index in [1.807, 2.05) is 41.3 Å². The highest BCUT2D eigenvalue weighted by Gasteiger charge is 2.83. The monoisotopic (exact) mass is 529 g/mol. The van der Waals surface area contributed by atoms with Crippen LogP contribution in [0.5, 0.6) is 11.5 Å². The quantitative estimate of drug-likeness (QED) is 0.551. The van der Waals surface area contributed by atoms with Crippen molar-refractivity contribution < 1.29 is 24.5 Å². The minimum absolute atomic E-state index is 0.0206. The molecule has 0 unspecified atom stereocenters. The van der Waals surface area contributed by atoms with Gasteiger partial charge in [-0.3, -0.25) is 14.5 Å². The van der Waals surface area contributed by atoms with Crippen LogP contribution in [-0.2, 0) is 21.4 Å². The van der Waals surface area contributed by atoms with Crippen molar-refractivity contribution in [2.24, 2.45) is 5.92 Å². The van der Waals surface area contributed by atoms with E-state index in [9.17, 15) is 19.8 Å². The third kappa shape index (κ3) is 2.86. The Morgan fingerprint density at radius 1 is 1.10 bits per heavy atom. The molecule has 9 rings (SSSR count). The Morgan fingerprint density at radius 3 is 2.64 bits per heavy atom. The van der Waals surface area contributed by atoms with Crippen molar-refractivity contribution in [1.82, 2.24) is 9.80 Å². The first-order valence-corrected chi connectivity index (χ1v) is 14.4. The topological polar surface area (TPSA) is 102 Å². The Kier molecular flexibility index (Phi) is 4.73. The van der Waals surface area contributed by atoms with Crippen molar-refractivity contribution in [3.63, 3.8) is 0 Å². The summed E-state index contributed by atoms with van der Waals surface area (Å²) in [5.74, 6) is 0.902. The Labute approximate surface area is 227 Å². The number of nitrogens with zero attached hydrogens (tertiary/aromatic N) is 2. The lowest BCUT2D eigenvalue weighted by Gasteiger charge is -2.76. The van der Waals surface area contributed by atoms with E-state index in [0.29, 0.717) is 30.2 Å². The van der Waals surface area contributed by atoms with Gasteiger partial charge in [-0.25, -0.2) is 0 Å².